The molecule has 2 rings (SSSR count). The van der Waals surface area contributed by atoms with Gasteiger partial charge in [0.05, 0.1) is 11.5 Å². The van der Waals surface area contributed by atoms with Gasteiger partial charge in [-0.05, 0) is 42.9 Å². The number of nitrogens with one attached hydrogen (secondary N) is 1. The first-order chi connectivity index (χ1) is 9.94. The number of hydrogen-bond acceptors (Lipinski definition) is 2. The molecule has 0 heterocycles. The van der Waals surface area contributed by atoms with Crippen LogP contribution in [-0.2, 0) is 10.2 Å². The molecule has 1 unspecified atom stereocenters. The minimum absolute atomic E-state index is 0.0128. The number of rotatable bonds is 6. The molecular weight excluding hydrogens is 286 g/mol. The average molecular weight is 310 g/mol. The molecule has 0 radical (unpaired) electrons. The molecule has 1 aliphatic rings. The highest BCUT2D eigenvalue weighted by Crippen LogP contribution is 2.44. The molecule has 1 fully saturated rings. The Morgan fingerprint density at radius 3 is 2.67 bits per heavy atom. The maximum absolute atomic E-state index is 12.6. The van der Waals surface area contributed by atoms with Gasteiger partial charge in [0.15, 0.2) is 0 Å². The first-order valence-corrected chi connectivity index (χ1v) is 8.04. The fourth-order valence-electron chi connectivity index (χ4n) is 2.97. The summed E-state index contributed by atoms with van der Waals surface area (Å²) in [6.07, 6.45) is 2.96. The van der Waals surface area contributed by atoms with Crippen molar-refractivity contribution in [1.82, 2.24) is 5.32 Å². The van der Waals surface area contributed by atoms with Gasteiger partial charge in [0.2, 0.25) is 5.91 Å². The predicted molar refractivity (Wildman–Crippen MR) is 85.5 cm³/mol. The molecule has 116 valence electrons. The summed E-state index contributed by atoms with van der Waals surface area (Å²) in [5, 5.41) is 13.5. The molecule has 3 nitrogen and oxygen atoms in total. The second-order valence-corrected chi connectivity index (χ2v) is 6.88. The summed E-state index contributed by atoms with van der Waals surface area (Å²) in [5.74, 6) is 0.432. The molecule has 0 saturated heterocycles. The molecular formula is C17H24ClNO2. The molecule has 4 heteroatoms. The van der Waals surface area contributed by atoms with E-state index in [0.29, 0.717) is 23.9 Å². The van der Waals surface area contributed by atoms with E-state index in [1.54, 1.807) is 0 Å². The second kappa shape index (κ2) is 6.80. The van der Waals surface area contributed by atoms with Crippen LogP contribution in [0.4, 0.5) is 0 Å². The molecule has 0 bridgehead atoms. The molecule has 1 aromatic rings. The van der Waals surface area contributed by atoms with E-state index in [2.05, 4.69) is 19.2 Å². The maximum atomic E-state index is 12.6. The van der Waals surface area contributed by atoms with Crippen LogP contribution in [0.15, 0.2) is 24.3 Å². The van der Waals surface area contributed by atoms with Crippen LogP contribution in [-0.4, -0.2) is 23.7 Å². The number of carbonyl (C=O) groups is 1. The van der Waals surface area contributed by atoms with Crippen molar-refractivity contribution < 1.29 is 9.90 Å². The third-order valence-corrected chi connectivity index (χ3v) is 4.50. The van der Waals surface area contributed by atoms with Gasteiger partial charge in [0.1, 0.15) is 0 Å². The Hall–Kier alpha value is -1.06. The Bertz CT molecular complexity index is 497. The summed E-state index contributed by atoms with van der Waals surface area (Å²) in [4.78, 5) is 12.6. The lowest BCUT2D eigenvalue weighted by atomic mass is 9.64. The van der Waals surface area contributed by atoms with E-state index in [-0.39, 0.29) is 5.91 Å². The molecule has 0 aliphatic heterocycles. The average Bonchev–Trinajstić information content (AvgIpc) is 2.34. The molecule has 0 aromatic heterocycles. The molecule has 1 aromatic carbocycles. The zero-order chi connectivity index (χ0) is 15.5. The standard InChI is InChI=1S/C17H24ClNO2/c1-12(2)9-15(20)11-19-16(21)17(7-4-8-17)13-5-3-6-14(18)10-13/h3,5-6,10,12,15,20H,4,7-9,11H2,1-2H3,(H,19,21). The van der Waals surface area contributed by atoms with Crippen molar-refractivity contribution in [1.29, 1.82) is 0 Å². The highest BCUT2D eigenvalue weighted by molar-refractivity contribution is 6.30. The van der Waals surface area contributed by atoms with Crippen molar-refractivity contribution in [2.75, 3.05) is 6.54 Å². The fourth-order valence-corrected chi connectivity index (χ4v) is 3.16. The number of aliphatic hydroxyl groups excluding tert-OH is 1. The Morgan fingerprint density at radius 2 is 2.14 bits per heavy atom. The molecule has 2 N–H and O–H groups in total. The number of aliphatic hydroxyl groups is 1. The van der Waals surface area contributed by atoms with Crippen molar-refractivity contribution in [2.24, 2.45) is 5.92 Å². The number of carbonyl (C=O) groups excluding carboxylic acids is 1. The van der Waals surface area contributed by atoms with Crippen molar-refractivity contribution in [3.63, 3.8) is 0 Å². The van der Waals surface area contributed by atoms with Gasteiger partial charge in [0, 0.05) is 11.6 Å². The van der Waals surface area contributed by atoms with Crippen molar-refractivity contribution >= 4 is 17.5 Å². The third kappa shape index (κ3) is 3.78. The number of hydrogen-bond donors (Lipinski definition) is 2. The van der Waals surface area contributed by atoms with E-state index < -0.39 is 11.5 Å². The van der Waals surface area contributed by atoms with E-state index in [0.717, 1.165) is 24.8 Å². The lowest BCUT2D eigenvalue weighted by molar-refractivity contribution is -0.130. The summed E-state index contributed by atoms with van der Waals surface area (Å²) in [6, 6.07) is 7.56. The largest absolute Gasteiger partial charge is 0.391 e. The van der Waals surface area contributed by atoms with Gasteiger partial charge in [-0.2, -0.15) is 0 Å². The summed E-state index contributed by atoms with van der Waals surface area (Å²) >= 11 is 6.05. The first-order valence-electron chi connectivity index (χ1n) is 7.66. The topological polar surface area (TPSA) is 49.3 Å². The Kier molecular flexibility index (Phi) is 5.28. The Balaban J connectivity index is 2.02. The van der Waals surface area contributed by atoms with Crippen LogP contribution in [0.2, 0.25) is 5.02 Å². The zero-order valence-corrected chi connectivity index (χ0v) is 13.5. The van der Waals surface area contributed by atoms with Crippen LogP contribution in [0.3, 0.4) is 0 Å². The molecule has 1 saturated carbocycles. The monoisotopic (exact) mass is 309 g/mol. The highest BCUT2D eigenvalue weighted by Gasteiger charge is 2.45. The quantitative estimate of drug-likeness (QED) is 0.847. The van der Waals surface area contributed by atoms with Gasteiger partial charge in [-0.25, -0.2) is 0 Å². The Morgan fingerprint density at radius 1 is 1.43 bits per heavy atom. The molecule has 21 heavy (non-hydrogen) atoms. The summed E-state index contributed by atoms with van der Waals surface area (Å²) in [7, 11) is 0. The molecule has 0 spiro atoms. The van der Waals surface area contributed by atoms with Gasteiger partial charge in [-0.1, -0.05) is 44.0 Å². The lowest BCUT2D eigenvalue weighted by Crippen LogP contribution is -2.50. The fraction of sp³-hybridized carbons (Fsp3) is 0.588. The number of amides is 1. The van der Waals surface area contributed by atoms with Crippen LogP contribution < -0.4 is 5.32 Å². The SMILES string of the molecule is CC(C)CC(O)CNC(=O)C1(c2cccc(Cl)c2)CCC1. The normalized spacial score (nSPS) is 18.1. The zero-order valence-electron chi connectivity index (χ0n) is 12.7. The van der Waals surface area contributed by atoms with E-state index in [4.69, 9.17) is 11.6 Å². The van der Waals surface area contributed by atoms with Crippen LogP contribution >= 0.6 is 11.6 Å². The van der Waals surface area contributed by atoms with E-state index >= 15 is 0 Å². The minimum atomic E-state index is -0.481. The van der Waals surface area contributed by atoms with Gasteiger partial charge >= 0.3 is 0 Å². The third-order valence-electron chi connectivity index (χ3n) is 4.26. The highest BCUT2D eigenvalue weighted by atomic mass is 35.5. The van der Waals surface area contributed by atoms with Crippen LogP contribution in [0.1, 0.15) is 45.1 Å². The minimum Gasteiger partial charge on any atom is -0.391 e. The van der Waals surface area contributed by atoms with Gasteiger partial charge in [-0.15, -0.1) is 0 Å². The second-order valence-electron chi connectivity index (χ2n) is 6.44. The molecule has 1 amide bonds. The van der Waals surface area contributed by atoms with E-state index in [1.807, 2.05) is 24.3 Å². The molecule has 1 atom stereocenters. The van der Waals surface area contributed by atoms with E-state index in [9.17, 15) is 9.90 Å². The van der Waals surface area contributed by atoms with Gasteiger partial charge in [0.25, 0.3) is 0 Å². The summed E-state index contributed by atoms with van der Waals surface area (Å²) in [6.45, 7) is 4.44. The number of halogens is 1. The first kappa shape index (κ1) is 16.3. The lowest BCUT2D eigenvalue weighted by Gasteiger charge is -2.41. The van der Waals surface area contributed by atoms with Crippen LogP contribution in [0.5, 0.6) is 0 Å². The van der Waals surface area contributed by atoms with Gasteiger partial charge < -0.3 is 10.4 Å². The summed E-state index contributed by atoms with van der Waals surface area (Å²) < 4.78 is 0. The molecule has 1 aliphatic carbocycles. The van der Waals surface area contributed by atoms with Gasteiger partial charge in [-0.3, -0.25) is 4.79 Å². The number of benzene rings is 1. The Labute approximate surface area is 131 Å². The van der Waals surface area contributed by atoms with Crippen LogP contribution in [0.25, 0.3) is 0 Å². The summed E-state index contributed by atoms with van der Waals surface area (Å²) in [5.41, 5.74) is 0.528. The van der Waals surface area contributed by atoms with Crippen molar-refractivity contribution in [3.05, 3.63) is 34.9 Å². The smallest absolute Gasteiger partial charge is 0.230 e. The van der Waals surface area contributed by atoms with Crippen molar-refractivity contribution in [2.45, 2.75) is 51.0 Å². The van der Waals surface area contributed by atoms with Crippen molar-refractivity contribution in [3.8, 4) is 0 Å². The predicted octanol–water partition coefficient (Wildman–Crippen LogP) is 3.28. The van der Waals surface area contributed by atoms with E-state index in [1.165, 1.54) is 0 Å². The van der Waals surface area contributed by atoms with Crippen LogP contribution in [0, 0.1) is 5.92 Å². The maximum Gasteiger partial charge on any atom is 0.230 e.